The lowest BCUT2D eigenvalue weighted by molar-refractivity contribution is 0.389. The SMILES string of the molecule is C1CSCC(CNCC2(C3CC3)CC2)N1. The summed E-state index contributed by atoms with van der Waals surface area (Å²) in [4.78, 5) is 0. The van der Waals surface area contributed by atoms with E-state index in [-0.39, 0.29) is 0 Å². The van der Waals surface area contributed by atoms with Crippen molar-refractivity contribution < 1.29 is 0 Å². The number of hydrogen-bond acceptors (Lipinski definition) is 3. The van der Waals surface area contributed by atoms with E-state index in [0.29, 0.717) is 0 Å². The van der Waals surface area contributed by atoms with Crippen LogP contribution in [-0.2, 0) is 0 Å². The summed E-state index contributed by atoms with van der Waals surface area (Å²) in [6, 6.07) is 0.721. The topological polar surface area (TPSA) is 24.1 Å². The van der Waals surface area contributed by atoms with E-state index >= 15 is 0 Å². The summed E-state index contributed by atoms with van der Waals surface area (Å²) in [5.74, 6) is 3.69. The summed E-state index contributed by atoms with van der Waals surface area (Å²) >= 11 is 2.09. The molecule has 3 fully saturated rings. The molecule has 3 rings (SSSR count). The molecule has 2 aliphatic carbocycles. The van der Waals surface area contributed by atoms with E-state index in [1.54, 1.807) is 0 Å². The molecule has 1 aliphatic heterocycles. The highest BCUT2D eigenvalue weighted by Crippen LogP contribution is 2.60. The van der Waals surface area contributed by atoms with Crippen LogP contribution >= 0.6 is 11.8 Å². The fraction of sp³-hybridized carbons (Fsp3) is 1.00. The van der Waals surface area contributed by atoms with Crippen LogP contribution < -0.4 is 10.6 Å². The first kappa shape index (κ1) is 10.4. The van der Waals surface area contributed by atoms with Gasteiger partial charge in [0.15, 0.2) is 0 Å². The third kappa shape index (κ3) is 2.51. The second-order valence-corrected chi connectivity index (χ2v) is 6.64. The second kappa shape index (κ2) is 4.27. The van der Waals surface area contributed by atoms with Gasteiger partial charge in [0.2, 0.25) is 0 Å². The normalized spacial score (nSPS) is 34.0. The van der Waals surface area contributed by atoms with Crippen molar-refractivity contribution >= 4 is 11.8 Å². The van der Waals surface area contributed by atoms with E-state index in [1.165, 1.54) is 56.8 Å². The summed E-state index contributed by atoms with van der Waals surface area (Å²) < 4.78 is 0. The zero-order valence-corrected chi connectivity index (χ0v) is 10.2. The Bertz CT molecular complexity index is 218. The lowest BCUT2D eigenvalue weighted by Gasteiger charge is -2.24. The summed E-state index contributed by atoms with van der Waals surface area (Å²) in [5, 5.41) is 7.29. The highest BCUT2D eigenvalue weighted by Gasteiger charge is 2.53. The van der Waals surface area contributed by atoms with Crippen molar-refractivity contribution in [2.24, 2.45) is 11.3 Å². The van der Waals surface area contributed by atoms with Crippen LogP contribution in [0.3, 0.4) is 0 Å². The first-order valence-electron chi connectivity index (χ1n) is 6.41. The molecule has 3 aliphatic rings. The largest absolute Gasteiger partial charge is 0.315 e. The van der Waals surface area contributed by atoms with E-state index in [9.17, 15) is 0 Å². The molecule has 0 aromatic rings. The zero-order chi connectivity index (χ0) is 10.1. The van der Waals surface area contributed by atoms with Gasteiger partial charge in [0.1, 0.15) is 0 Å². The third-order valence-corrected chi connectivity index (χ3v) is 5.33. The van der Waals surface area contributed by atoms with Crippen LogP contribution in [0.25, 0.3) is 0 Å². The minimum Gasteiger partial charge on any atom is -0.315 e. The zero-order valence-electron chi connectivity index (χ0n) is 9.43. The lowest BCUT2D eigenvalue weighted by Crippen LogP contribution is -2.45. The molecule has 1 atom stereocenters. The highest BCUT2D eigenvalue weighted by atomic mass is 32.2. The average molecular weight is 226 g/mol. The van der Waals surface area contributed by atoms with Gasteiger partial charge in [-0.15, -0.1) is 0 Å². The van der Waals surface area contributed by atoms with Crippen molar-refractivity contribution in [2.75, 3.05) is 31.1 Å². The average Bonchev–Trinajstić information content (AvgIpc) is 3.14. The predicted octanol–water partition coefficient (Wildman–Crippen LogP) is 1.47. The molecule has 0 aromatic carbocycles. The Kier molecular flexibility index (Phi) is 2.97. The van der Waals surface area contributed by atoms with Crippen LogP contribution in [0, 0.1) is 11.3 Å². The molecule has 15 heavy (non-hydrogen) atoms. The Hall–Kier alpha value is 0.270. The van der Waals surface area contributed by atoms with E-state index in [0.717, 1.165) is 17.4 Å². The molecule has 1 saturated heterocycles. The van der Waals surface area contributed by atoms with E-state index in [4.69, 9.17) is 0 Å². The van der Waals surface area contributed by atoms with Crippen molar-refractivity contribution in [1.29, 1.82) is 0 Å². The summed E-state index contributed by atoms with van der Waals surface area (Å²) in [6.45, 7) is 3.67. The van der Waals surface area contributed by atoms with Gasteiger partial charge in [-0.05, 0) is 37.0 Å². The van der Waals surface area contributed by atoms with Crippen LogP contribution in [-0.4, -0.2) is 37.2 Å². The quantitative estimate of drug-likeness (QED) is 0.742. The number of thioether (sulfide) groups is 1. The molecule has 0 spiro atoms. The second-order valence-electron chi connectivity index (χ2n) is 5.49. The Balaban J connectivity index is 1.35. The maximum atomic E-state index is 3.70. The first-order chi connectivity index (χ1) is 7.39. The number of rotatable bonds is 5. The molecule has 2 saturated carbocycles. The van der Waals surface area contributed by atoms with E-state index in [2.05, 4.69) is 22.4 Å². The van der Waals surface area contributed by atoms with Crippen LogP contribution in [0.2, 0.25) is 0 Å². The maximum Gasteiger partial charge on any atom is 0.0283 e. The molecule has 1 heterocycles. The van der Waals surface area contributed by atoms with Crippen molar-refractivity contribution in [3.63, 3.8) is 0 Å². The molecule has 2 nitrogen and oxygen atoms in total. The molecule has 0 aromatic heterocycles. The van der Waals surface area contributed by atoms with Crippen molar-refractivity contribution in [2.45, 2.75) is 31.7 Å². The molecular weight excluding hydrogens is 204 g/mol. The smallest absolute Gasteiger partial charge is 0.0283 e. The Morgan fingerprint density at radius 1 is 1.33 bits per heavy atom. The van der Waals surface area contributed by atoms with Gasteiger partial charge >= 0.3 is 0 Å². The van der Waals surface area contributed by atoms with Crippen molar-refractivity contribution in [3.8, 4) is 0 Å². The van der Waals surface area contributed by atoms with Crippen LogP contribution in [0.1, 0.15) is 25.7 Å². The summed E-state index contributed by atoms with van der Waals surface area (Å²) in [6.07, 6.45) is 6.02. The molecule has 1 unspecified atom stereocenters. The summed E-state index contributed by atoms with van der Waals surface area (Å²) in [7, 11) is 0. The van der Waals surface area contributed by atoms with Gasteiger partial charge in [0.25, 0.3) is 0 Å². The molecule has 86 valence electrons. The summed E-state index contributed by atoms with van der Waals surface area (Å²) in [5.41, 5.74) is 0.766. The minimum absolute atomic E-state index is 0.721. The Morgan fingerprint density at radius 3 is 2.80 bits per heavy atom. The minimum atomic E-state index is 0.721. The van der Waals surface area contributed by atoms with Crippen LogP contribution in [0.5, 0.6) is 0 Å². The molecular formula is C12H22N2S. The molecule has 0 amide bonds. The number of hydrogen-bond donors (Lipinski definition) is 2. The van der Waals surface area contributed by atoms with Gasteiger partial charge in [0.05, 0.1) is 0 Å². The van der Waals surface area contributed by atoms with Gasteiger partial charge in [-0.2, -0.15) is 11.8 Å². The van der Waals surface area contributed by atoms with Gasteiger partial charge < -0.3 is 10.6 Å². The van der Waals surface area contributed by atoms with Crippen molar-refractivity contribution in [1.82, 2.24) is 10.6 Å². The Labute approximate surface area is 97.0 Å². The first-order valence-corrected chi connectivity index (χ1v) is 7.56. The fourth-order valence-electron chi connectivity index (χ4n) is 2.83. The molecule has 0 bridgehead atoms. The number of nitrogens with one attached hydrogen (secondary N) is 2. The van der Waals surface area contributed by atoms with Gasteiger partial charge in [-0.1, -0.05) is 0 Å². The van der Waals surface area contributed by atoms with Crippen LogP contribution in [0.15, 0.2) is 0 Å². The fourth-order valence-corrected chi connectivity index (χ4v) is 3.78. The van der Waals surface area contributed by atoms with E-state index in [1.807, 2.05) is 0 Å². The monoisotopic (exact) mass is 226 g/mol. The standard InChI is InChI=1S/C12H22N2S/c1-2-10(1)12(3-4-12)9-13-7-11-8-15-6-5-14-11/h10-11,13-14H,1-9H2. The third-order valence-electron chi connectivity index (χ3n) is 4.20. The van der Waals surface area contributed by atoms with Gasteiger partial charge in [-0.3, -0.25) is 0 Å². The molecule has 3 heteroatoms. The lowest BCUT2D eigenvalue weighted by atomic mass is 10.0. The van der Waals surface area contributed by atoms with Crippen molar-refractivity contribution in [3.05, 3.63) is 0 Å². The van der Waals surface area contributed by atoms with Gasteiger partial charge in [0, 0.05) is 37.2 Å². The Morgan fingerprint density at radius 2 is 2.20 bits per heavy atom. The van der Waals surface area contributed by atoms with Gasteiger partial charge in [-0.25, -0.2) is 0 Å². The molecule has 2 N–H and O–H groups in total. The highest BCUT2D eigenvalue weighted by molar-refractivity contribution is 7.99. The van der Waals surface area contributed by atoms with Crippen LogP contribution in [0.4, 0.5) is 0 Å². The molecule has 0 radical (unpaired) electrons. The van der Waals surface area contributed by atoms with E-state index < -0.39 is 0 Å². The predicted molar refractivity (Wildman–Crippen MR) is 66.4 cm³/mol. The maximum absolute atomic E-state index is 3.70.